The second-order valence-electron chi connectivity index (χ2n) is 2.58. The second kappa shape index (κ2) is 4.42. The smallest absolute Gasteiger partial charge is 0.147 e. The molecular weight excluding hydrogens is 178 g/mol. The van der Waals surface area contributed by atoms with Gasteiger partial charge >= 0.3 is 0 Å². The van der Waals surface area contributed by atoms with Gasteiger partial charge in [-0.15, -0.1) is 21.8 Å². The van der Waals surface area contributed by atoms with Gasteiger partial charge in [-0.05, 0) is 6.92 Å². The summed E-state index contributed by atoms with van der Waals surface area (Å²) in [5, 5.41) is 7.60. The van der Waals surface area contributed by atoms with Crippen LogP contribution >= 0.6 is 11.6 Å². The van der Waals surface area contributed by atoms with Crippen LogP contribution in [0.4, 0.5) is 0 Å². The second-order valence-corrected chi connectivity index (χ2v) is 2.85. The van der Waals surface area contributed by atoms with E-state index in [1.807, 2.05) is 11.5 Å². The summed E-state index contributed by atoms with van der Waals surface area (Å²) in [5.41, 5.74) is 0. The van der Waals surface area contributed by atoms with E-state index in [1.54, 1.807) is 13.4 Å². The van der Waals surface area contributed by atoms with Crippen LogP contribution < -0.4 is 0 Å². The molecule has 0 aliphatic rings. The molecule has 0 radical (unpaired) electrons. The van der Waals surface area contributed by atoms with Crippen molar-refractivity contribution in [3.8, 4) is 0 Å². The van der Waals surface area contributed by atoms with E-state index in [0.717, 1.165) is 12.4 Å². The minimum absolute atomic E-state index is 0.156. The van der Waals surface area contributed by atoms with Crippen LogP contribution in [0.3, 0.4) is 0 Å². The fourth-order valence-corrected chi connectivity index (χ4v) is 1.09. The lowest BCUT2D eigenvalue weighted by atomic mass is 10.4. The Morgan fingerprint density at radius 1 is 1.75 bits per heavy atom. The number of methoxy groups -OCH3 is 1. The predicted octanol–water partition coefficient (Wildman–Crippen LogP) is 1.05. The van der Waals surface area contributed by atoms with Gasteiger partial charge < -0.3 is 9.30 Å². The molecule has 4 nitrogen and oxygen atoms in total. The molecule has 0 saturated carbocycles. The first-order valence-electron chi connectivity index (χ1n) is 3.73. The molecule has 1 rings (SSSR count). The number of hydrogen-bond acceptors (Lipinski definition) is 3. The van der Waals surface area contributed by atoms with Crippen molar-refractivity contribution in [1.82, 2.24) is 14.8 Å². The van der Waals surface area contributed by atoms with Gasteiger partial charge in [0.15, 0.2) is 0 Å². The van der Waals surface area contributed by atoms with Crippen molar-refractivity contribution in [3.05, 3.63) is 12.2 Å². The molecule has 5 heteroatoms. The molecule has 0 aromatic carbocycles. The van der Waals surface area contributed by atoms with Crippen molar-refractivity contribution >= 4 is 11.6 Å². The van der Waals surface area contributed by atoms with Crippen LogP contribution in [0.15, 0.2) is 6.33 Å². The van der Waals surface area contributed by atoms with Gasteiger partial charge in [0, 0.05) is 7.11 Å². The first-order chi connectivity index (χ1) is 5.77. The average Bonchev–Trinajstić information content (AvgIpc) is 2.51. The van der Waals surface area contributed by atoms with E-state index in [-0.39, 0.29) is 6.10 Å². The van der Waals surface area contributed by atoms with Crippen LogP contribution in [-0.2, 0) is 17.2 Å². The molecule has 0 spiro atoms. The highest BCUT2D eigenvalue weighted by molar-refractivity contribution is 6.16. The molecule has 0 bridgehead atoms. The van der Waals surface area contributed by atoms with Crippen molar-refractivity contribution in [2.24, 2.45) is 0 Å². The summed E-state index contributed by atoms with van der Waals surface area (Å²) >= 11 is 5.64. The molecular formula is C7H12ClN3O. The van der Waals surface area contributed by atoms with Gasteiger partial charge in [-0.3, -0.25) is 0 Å². The number of nitrogens with zero attached hydrogens (tertiary/aromatic N) is 3. The summed E-state index contributed by atoms with van der Waals surface area (Å²) in [6.45, 7) is 2.73. The number of ether oxygens (including phenoxy) is 1. The minimum atomic E-state index is 0.156. The highest BCUT2D eigenvalue weighted by atomic mass is 35.5. The Morgan fingerprint density at radius 2 is 2.50 bits per heavy atom. The maximum atomic E-state index is 5.64. The molecule has 1 atom stereocenters. The fraction of sp³-hybridized carbons (Fsp3) is 0.714. The van der Waals surface area contributed by atoms with E-state index in [4.69, 9.17) is 16.3 Å². The minimum Gasteiger partial charge on any atom is -0.380 e. The van der Waals surface area contributed by atoms with E-state index in [2.05, 4.69) is 10.2 Å². The maximum Gasteiger partial charge on any atom is 0.147 e. The fourth-order valence-electron chi connectivity index (χ4n) is 0.886. The summed E-state index contributed by atoms with van der Waals surface area (Å²) in [4.78, 5) is 0. The lowest BCUT2D eigenvalue weighted by Gasteiger charge is -2.10. The Kier molecular flexibility index (Phi) is 3.49. The first-order valence-corrected chi connectivity index (χ1v) is 4.26. The topological polar surface area (TPSA) is 39.9 Å². The number of rotatable bonds is 4. The normalized spacial score (nSPS) is 13.2. The Bertz CT molecular complexity index is 238. The van der Waals surface area contributed by atoms with Crippen molar-refractivity contribution < 1.29 is 4.74 Å². The van der Waals surface area contributed by atoms with Gasteiger partial charge in [0.2, 0.25) is 0 Å². The van der Waals surface area contributed by atoms with Crippen molar-refractivity contribution in [2.45, 2.75) is 25.5 Å². The molecule has 0 aliphatic carbocycles. The summed E-state index contributed by atoms with van der Waals surface area (Å²) < 4.78 is 6.99. The molecule has 0 amide bonds. The van der Waals surface area contributed by atoms with Gasteiger partial charge in [0.25, 0.3) is 0 Å². The van der Waals surface area contributed by atoms with E-state index in [0.29, 0.717) is 5.88 Å². The molecule has 1 aromatic rings. The van der Waals surface area contributed by atoms with Gasteiger partial charge in [-0.25, -0.2) is 0 Å². The standard InChI is InChI=1S/C7H12ClN3O/c1-6(12-2)4-11-5-9-10-7(11)3-8/h5-6H,3-4H2,1-2H3. The third kappa shape index (κ3) is 2.19. The molecule has 1 unspecified atom stereocenters. The van der Waals surface area contributed by atoms with Crippen LogP contribution in [-0.4, -0.2) is 28.0 Å². The monoisotopic (exact) mass is 189 g/mol. The van der Waals surface area contributed by atoms with Gasteiger partial charge in [0.05, 0.1) is 18.5 Å². The summed E-state index contributed by atoms with van der Waals surface area (Å²) in [7, 11) is 1.68. The molecule has 1 heterocycles. The van der Waals surface area contributed by atoms with Crippen LogP contribution in [0, 0.1) is 0 Å². The van der Waals surface area contributed by atoms with Crippen LogP contribution in [0.25, 0.3) is 0 Å². The predicted molar refractivity (Wildman–Crippen MR) is 46.1 cm³/mol. The average molecular weight is 190 g/mol. The number of halogens is 1. The number of aromatic nitrogens is 3. The van der Waals surface area contributed by atoms with E-state index < -0.39 is 0 Å². The molecule has 1 aromatic heterocycles. The molecule has 0 fully saturated rings. The zero-order valence-electron chi connectivity index (χ0n) is 7.20. The molecule has 0 N–H and O–H groups in total. The summed E-state index contributed by atoms with van der Waals surface area (Å²) in [5.74, 6) is 1.16. The molecule has 68 valence electrons. The van der Waals surface area contributed by atoms with Crippen LogP contribution in [0.2, 0.25) is 0 Å². The first kappa shape index (κ1) is 9.48. The summed E-state index contributed by atoms with van der Waals surface area (Å²) in [6.07, 6.45) is 1.82. The molecule has 0 saturated heterocycles. The van der Waals surface area contributed by atoms with Gasteiger partial charge in [-0.2, -0.15) is 0 Å². The maximum absolute atomic E-state index is 5.64. The van der Waals surface area contributed by atoms with Crippen molar-refractivity contribution in [3.63, 3.8) is 0 Å². The van der Waals surface area contributed by atoms with E-state index in [9.17, 15) is 0 Å². The highest BCUT2D eigenvalue weighted by Crippen LogP contribution is 2.02. The third-order valence-corrected chi connectivity index (χ3v) is 1.91. The van der Waals surface area contributed by atoms with Gasteiger partial charge in [0.1, 0.15) is 12.2 Å². The molecule has 12 heavy (non-hydrogen) atoms. The van der Waals surface area contributed by atoms with Crippen LogP contribution in [0.5, 0.6) is 0 Å². The van der Waals surface area contributed by atoms with Crippen molar-refractivity contribution in [2.75, 3.05) is 7.11 Å². The Balaban J connectivity index is 2.61. The largest absolute Gasteiger partial charge is 0.380 e. The third-order valence-electron chi connectivity index (χ3n) is 1.67. The Morgan fingerprint density at radius 3 is 3.08 bits per heavy atom. The zero-order valence-corrected chi connectivity index (χ0v) is 7.95. The van der Waals surface area contributed by atoms with Crippen LogP contribution in [0.1, 0.15) is 12.7 Å². The quantitative estimate of drug-likeness (QED) is 0.665. The summed E-state index contributed by atoms with van der Waals surface area (Å²) in [6, 6.07) is 0. The lowest BCUT2D eigenvalue weighted by Crippen LogP contribution is -2.15. The van der Waals surface area contributed by atoms with Crippen molar-refractivity contribution in [1.29, 1.82) is 0 Å². The van der Waals surface area contributed by atoms with E-state index >= 15 is 0 Å². The Hall–Kier alpha value is -0.610. The number of alkyl halides is 1. The molecule has 0 aliphatic heterocycles. The van der Waals surface area contributed by atoms with E-state index in [1.165, 1.54) is 0 Å². The van der Waals surface area contributed by atoms with Gasteiger partial charge in [-0.1, -0.05) is 0 Å². The Labute approximate surface area is 76.5 Å². The SMILES string of the molecule is COC(C)Cn1cnnc1CCl. The lowest BCUT2D eigenvalue weighted by molar-refractivity contribution is 0.102. The highest BCUT2D eigenvalue weighted by Gasteiger charge is 2.05. The number of hydrogen-bond donors (Lipinski definition) is 0. The zero-order chi connectivity index (χ0) is 8.97.